The first kappa shape index (κ1) is 10.9. The smallest absolute Gasteiger partial charge is 0.209 e. The Morgan fingerprint density at radius 3 is 2.87 bits per heavy atom. The average molecular weight is 210 g/mol. The quantitative estimate of drug-likeness (QED) is 0.528. The van der Waals surface area contributed by atoms with Crippen LogP contribution in [0.1, 0.15) is 32.1 Å². The van der Waals surface area contributed by atoms with Gasteiger partial charge in [0, 0.05) is 13.1 Å². The van der Waals surface area contributed by atoms with Gasteiger partial charge in [0.1, 0.15) is 0 Å². The molecule has 0 aromatic carbocycles. The van der Waals surface area contributed by atoms with E-state index in [1.807, 2.05) is 4.90 Å². The van der Waals surface area contributed by atoms with E-state index in [-0.39, 0.29) is 0 Å². The fourth-order valence-corrected chi connectivity index (χ4v) is 2.36. The average Bonchev–Trinajstić information content (AvgIpc) is 3.09. The van der Waals surface area contributed by atoms with Crippen molar-refractivity contribution in [3.8, 4) is 0 Å². The summed E-state index contributed by atoms with van der Waals surface area (Å²) in [5.74, 6) is 1.71. The number of nitrogens with zero attached hydrogens (tertiary/aromatic N) is 1. The molecule has 1 aliphatic carbocycles. The van der Waals surface area contributed by atoms with Crippen LogP contribution in [0.2, 0.25) is 0 Å². The van der Waals surface area contributed by atoms with Crippen molar-refractivity contribution in [2.45, 2.75) is 32.1 Å². The molecule has 3 nitrogen and oxygen atoms in total. The summed E-state index contributed by atoms with van der Waals surface area (Å²) in [6.07, 6.45) is 7.58. The van der Waals surface area contributed by atoms with Gasteiger partial charge in [-0.05, 0) is 57.0 Å². The van der Waals surface area contributed by atoms with Crippen LogP contribution in [0.15, 0.2) is 0 Å². The fourth-order valence-electron chi connectivity index (χ4n) is 2.36. The summed E-state index contributed by atoms with van der Waals surface area (Å²) in [5, 5.41) is 3.52. The second kappa shape index (κ2) is 5.50. The molecule has 1 saturated carbocycles. The van der Waals surface area contributed by atoms with Crippen molar-refractivity contribution in [2.24, 2.45) is 11.8 Å². The molecule has 3 heteroatoms. The van der Waals surface area contributed by atoms with Crippen molar-refractivity contribution in [3.05, 3.63) is 0 Å². The standard InChI is InChI=1S/C12H22N2O/c15-10-14-7-1-2-12(9-14)5-6-13-8-11-3-4-11/h10-13H,1-9H2. The van der Waals surface area contributed by atoms with Gasteiger partial charge in [0.15, 0.2) is 0 Å². The van der Waals surface area contributed by atoms with Crippen LogP contribution in [0, 0.1) is 11.8 Å². The molecule has 86 valence electrons. The normalized spacial score (nSPS) is 26.7. The van der Waals surface area contributed by atoms with Gasteiger partial charge in [-0.25, -0.2) is 0 Å². The van der Waals surface area contributed by atoms with Crippen LogP contribution in [0.4, 0.5) is 0 Å². The van der Waals surface area contributed by atoms with E-state index in [1.54, 1.807) is 0 Å². The Kier molecular flexibility index (Phi) is 4.01. The molecule has 0 spiro atoms. The molecule has 1 aliphatic heterocycles. The molecule has 1 heterocycles. The molecule has 2 fully saturated rings. The highest BCUT2D eigenvalue weighted by Gasteiger charge is 2.21. The highest BCUT2D eigenvalue weighted by atomic mass is 16.1. The number of piperidine rings is 1. The minimum absolute atomic E-state index is 0.732. The second-order valence-electron chi connectivity index (χ2n) is 5.04. The van der Waals surface area contributed by atoms with Crippen LogP contribution in [-0.4, -0.2) is 37.5 Å². The monoisotopic (exact) mass is 210 g/mol. The lowest BCUT2D eigenvalue weighted by atomic mass is 9.95. The highest BCUT2D eigenvalue weighted by Crippen LogP contribution is 2.27. The summed E-state index contributed by atoms with van der Waals surface area (Å²) in [6, 6.07) is 0. The zero-order valence-corrected chi connectivity index (χ0v) is 9.45. The summed E-state index contributed by atoms with van der Waals surface area (Å²) in [5.41, 5.74) is 0. The van der Waals surface area contributed by atoms with Gasteiger partial charge < -0.3 is 10.2 Å². The molecule has 0 aromatic heterocycles. The Hall–Kier alpha value is -0.570. The first-order chi connectivity index (χ1) is 7.38. The van der Waals surface area contributed by atoms with Crippen molar-refractivity contribution in [2.75, 3.05) is 26.2 Å². The van der Waals surface area contributed by atoms with Crippen molar-refractivity contribution in [1.82, 2.24) is 10.2 Å². The van der Waals surface area contributed by atoms with E-state index >= 15 is 0 Å². The lowest BCUT2D eigenvalue weighted by molar-refractivity contribution is -0.119. The van der Waals surface area contributed by atoms with Gasteiger partial charge in [0.2, 0.25) is 6.41 Å². The minimum Gasteiger partial charge on any atom is -0.345 e. The van der Waals surface area contributed by atoms with E-state index in [0.717, 1.165) is 37.9 Å². The number of hydrogen-bond acceptors (Lipinski definition) is 2. The lowest BCUT2D eigenvalue weighted by Gasteiger charge is -2.29. The van der Waals surface area contributed by atoms with Crippen LogP contribution in [0.25, 0.3) is 0 Å². The number of hydrogen-bond donors (Lipinski definition) is 1. The minimum atomic E-state index is 0.732. The maximum absolute atomic E-state index is 10.6. The summed E-state index contributed by atoms with van der Waals surface area (Å²) in [6.45, 7) is 4.29. The van der Waals surface area contributed by atoms with E-state index in [1.165, 1.54) is 38.6 Å². The molecule has 0 bridgehead atoms. The topological polar surface area (TPSA) is 32.3 Å². The van der Waals surface area contributed by atoms with E-state index in [4.69, 9.17) is 0 Å². The molecule has 1 saturated heterocycles. The Morgan fingerprint density at radius 1 is 1.27 bits per heavy atom. The molecule has 1 atom stereocenters. The summed E-state index contributed by atoms with van der Waals surface area (Å²) in [7, 11) is 0. The Bertz CT molecular complexity index is 204. The van der Waals surface area contributed by atoms with Crippen LogP contribution < -0.4 is 5.32 Å². The number of likely N-dealkylation sites (tertiary alicyclic amines) is 1. The molecular weight excluding hydrogens is 188 g/mol. The fraction of sp³-hybridized carbons (Fsp3) is 0.917. The number of rotatable bonds is 6. The first-order valence-electron chi connectivity index (χ1n) is 6.28. The van der Waals surface area contributed by atoms with E-state index in [0.29, 0.717) is 0 Å². The van der Waals surface area contributed by atoms with Crippen molar-refractivity contribution >= 4 is 6.41 Å². The third-order valence-electron chi connectivity index (χ3n) is 3.56. The molecule has 1 N–H and O–H groups in total. The molecule has 15 heavy (non-hydrogen) atoms. The maximum Gasteiger partial charge on any atom is 0.209 e. The number of nitrogens with one attached hydrogen (secondary N) is 1. The zero-order valence-electron chi connectivity index (χ0n) is 9.45. The maximum atomic E-state index is 10.6. The van der Waals surface area contributed by atoms with Gasteiger partial charge in [0.05, 0.1) is 0 Å². The summed E-state index contributed by atoms with van der Waals surface area (Å²) < 4.78 is 0. The van der Waals surface area contributed by atoms with Crippen molar-refractivity contribution in [1.29, 1.82) is 0 Å². The molecule has 1 unspecified atom stereocenters. The van der Waals surface area contributed by atoms with E-state index in [9.17, 15) is 4.79 Å². The molecule has 0 aromatic rings. The van der Waals surface area contributed by atoms with Crippen molar-refractivity contribution < 1.29 is 4.79 Å². The Balaban J connectivity index is 1.54. The molecule has 1 amide bonds. The lowest BCUT2D eigenvalue weighted by Crippen LogP contribution is -2.35. The Labute approximate surface area is 92.2 Å². The zero-order chi connectivity index (χ0) is 10.5. The van der Waals surface area contributed by atoms with Gasteiger partial charge in [-0.3, -0.25) is 4.79 Å². The summed E-state index contributed by atoms with van der Waals surface area (Å²) >= 11 is 0. The number of amides is 1. The van der Waals surface area contributed by atoms with Crippen LogP contribution in [0.3, 0.4) is 0 Å². The molecule has 2 rings (SSSR count). The van der Waals surface area contributed by atoms with E-state index in [2.05, 4.69) is 5.32 Å². The molecular formula is C12H22N2O. The van der Waals surface area contributed by atoms with Gasteiger partial charge in [-0.15, -0.1) is 0 Å². The van der Waals surface area contributed by atoms with E-state index < -0.39 is 0 Å². The van der Waals surface area contributed by atoms with Gasteiger partial charge >= 0.3 is 0 Å². The van der Waals surface area contributed by atoms with Gasteiger partial charge in [-0.1, -0.05) is 0 Å². The van der Waals surface area contributed by atoms with Gasteiger partial charge in [0.25, 0.3) is 0 Å². The third-order valence-corrected chi connectivity index (χ3v) is 3.56. The van der Waals surface area contributed by atoms with Crippen molar-refractivity contribution in [3.63, 3.8) is 0 Å². The highest BCUT2D eigenvalue weighted by molar-refractivity contribution is 5.47. The first-order valence-corrected chi connectivity index (χ1v) is 6.28. The van der Waals surface area contributed by atoms with Crippen LogP contribution in [-0.2, 0) is 4.79 Å². The molecule has 2 aliphatic rings. The van der Waals surface area contributed by atoms with Gasteiger partial charge in [-0.2, -0.15) is 0 Å². The summed E-state index contributed by atoms with van der Waals surface area (Å²) in [4.78, 5) is 12.6. The second-order valence-corrected chi connectivity index (χ2v) is 5.04. The predicted molar refractivity (Wildman–Crippen MR) is 60.6 cm³/mol. The third kappa shape index (κ3) is 3.82. The van der Waals surface area contributed by atoms with Crippen LogP contribution >= 0.6 is 0 Å². The van der Waals surface area contributed by atoms with Crippen LogP contribution in [0.5, 0.6) is 0 Å². The molecule has 0 radical (unpaired) electrons. The Morgan fingerprint density at radius 2 is 2.13 bits per heavy atom. The predicted octanol–water partition coefficient (Wildman–Crippen LogP) is 1.24. The number of carbonyl (C=O) groups is 1. The largest absolute Gasteiger partial charge is 0.345 e. The number of carbonyl (C=O) groups excluding carboxylic acids is 1. The SMILES string of the molecule is O=CN1CCCC(CCNCC2CC2)C1.